The Hall–Kier alpha value is -1.56. The van der Waals surface area contributed by atoms with Gasteiger partial charge < -0.3 is 9.52 Å². The van der Waals surface area contributed by atoms with Gasteiger partial charge in [-0.05, 0) is 51.3 Å². The fraction of sp³-hybridized carbons (Fsp3) is 0.133. The lowest BCUT2D eigenvalue weighted by atomic mass is 10.0. The first kappa shape index (κ1) is 14.4. The minimum atomic E-state index is -0.842. The molecule has 0 bridgehead atoms. The van der Waals surface area contributed by atoms with Crippen LogP contribution in [0.4, 0.5) is 0 Å². The molecule has 108 valence electrons. The van der Waals surface area contributed by atoms with Crippen molar-refractivity contribution in [2.75, 3.05) is 0 Å². The fourth-order valence-corrected chi connectivity index (χ4v) is 2.63. The van der Waals surface area contributed by atoms with Crippen molar-refractivity contribution in [2.24, 2.45) is 7.05 Å². The first-order valence-electron chi connectivity index (χ1n) is 6.20. The van der Waals surface area contributed by atoms with Crippen molar-refractivity contribution in [1.29, 1.82) is 0 Å². The number of hydrogen-bond acceptors (Lipinski definition) is 3. The highest BCUT2D eigenvalue weighted by Crippen LogP contribution is 2.30. The number of oxazole rings is 1. The predicted octanol–water partition coefficient (Wildman–Crippen LogP) is 3.63. The molecule has 6 heteroatoms. The minimum absolute atomic E-state index is 0.427. The van der Waals surface area contributed by atoms with Crippen LogP contribution in [-0.2, 0) is 7.05 Å². The normalized spacial score (nSPS) is 12.8. The van der Waals surface area contributed by atoms with Crippen molar-refractivity contribution in [3.05, 3.63) is 67.6 Å². The highest BCUT2D eigenvalue weighted by atomic mass is 79.9. The van der Waals surface area contributed by atoms with Crippen LogP contribution in [0.25, 0.3) is 11.1 Å². The zero-order valence-electron chi connectivity index (χ0n) is 11.0. The average Bonchev–Trinajstić information content (AvgIpc) is 2.76. The third kappa shape index (κ3) is 2.52. The lowest BCUT2D eigenvalue weighted by molar-refractivity contribution is 0.220. The molecule has 0 spiro atoms. The van der Waals surface area contributed by atoms with Crippen LogP contribution in [0, 0.1) is 0 Å². The SMILES string of the molecule is Cn1c(=O)oc2cc(C(O)c3ccc(Br)c(Cl)c3)ccc21. The van der Waals surface area contributed by atoms with Crippen LogP contribution in [0.3, 0.4) is 0 Å². The van der Waals surface area contributed by atoms with E-state index in [0.717, 1.165) is 4.47 Å². The number of nitrogens with zero attached hydrogens (tertiary/aromatic N) is 1. The van der Waals surface area contributed by atoms with Crippen molar-refractivity contribution >= 4 is 38.6 Å². The number of hydrogen-bond donors (Lipinski definition) is 1. The Bertz CT molecular complexity index is 884. The number of benzene rings is 2. The number of fused-ring (bicyclic) bond motifs is 1. The molecule has 1 atom stereocenters. The van der Waals surface area contributed by atoms with E-state index in [1.807, 2.05) is 0 Å². The van der Waals surface area contributed by atoms with E-state index in [-0.39, 0.29) is 0 Å². The Morgan fingerprint density at radius 2 is 1.90 bits per heavy atom. The number of aryl methyl sites for hydroxylation is 1. The Labute approximate surface area is 133 Å². The molecule has 0 fully saturated rings. The first-order valence-corrected chi connectivity index (χ1v) is 7.37. The number of aliphatic hydroxyl groups excluding tert-OH is 1. The molecule has 1 aromatic heterocycles. The minimum Gasteiger partial charge on any atom is -0.408 e. The molecule has 0 saturated carbocycles. The van der Waals surface area contributed by atoms with Crippen LogP contribution in [0.15, 0.2) is 50.1 Å². The van der Waals surface area contributed by atoms with Gasteiger partial charge in [0.2, 0.25) is 0 Å². The second kappa shape index (κ2) is 5.33. The maximum Gasteiger partial charge on any atom is 0.419 e. The van der Waals surface area contributed by atoms with Crippen molar-refractivity contribution in [2.45, 2.75) is 6.10 Å². The molecule has 1 N–H and O–H groups in total. The van der Waals surface area contributed by atoms with Crippen molar-refractivity contribution in [3.8, 4) is 0 Å². The Balaban J connectivity index is 2.06. The van der Waals surface area contributed by atoms with Crippen molar-refractivity contribution in [1.82, 2.24) is 4.57 Å². The van der Waals surface area contributed by atoms with Crippen LogP contribution < -0.4 is 5.76 Å². The highest BCUT2D eigenvalue weighted by Gasteiger charge is 2.14. The van der Waals surface area contributed by atoms with Crippen LogP contribution in [-0.4, -0.2) is 9.67 Å². The van der Waals surface area contributed by atoms with Crippen LogP contribution in [0.1, 0.15) is 17.2 Å². The Morgan fingerprint density at radius 3 is 2.62 bits per heavy atom. The number of halogens is 2. The van der Waals surface area contributed by atoms with Gasteiger partial charge in [0.25, 0.3) is 0 Å². The first-order chi connectivity index (χ1) is 9.97. The largest absolute Gasteiger partial charge is 0.419 e. The number of aromatic nitrogens is 1. The zero-order chi connectivity index (χ0) is 15.1. The summed E-state index contributed by atoms with van der Waals surface area (Å²) >= 11 is 9.36. The summed E-state index contributed by atoms with van der Waals surface area (Å²) in [5.74, 6) is -0.427. The van der Waals surface area contributed by atoms with Gasteiger partial charge in [0.15, 0.2) is 5.58 Å². The fourth-order valence-electron chi connectivity index (χ4n) is 2.20. The molecular formula is C15H11BrClNO3. The predicted molar refractivity (Wildman–Crippen MR) is 84.7 cm³/mol. The van der Waals surface area contributed by atoms with Gasteiger partial charge in [-0.2, -0.15) is 0 Å². The third-order valence-corrected chi connectivity index (χ3v) is 4.62. The van der Waals surface area contributed by atoms with Gasteiger partial charge in [0.1, 0.15) is 6.10 Å². The maximum absolute atomic E-state index is 11.5. The standard InChI is InChI=1S/C15H11BrClNO3/c1-18-12-5-3-9(7-13(12)21-15(18)20)14(19)8-2-4-10(16)11(17)6-8/h2-7,14,19H,1H3. The molecule has 2 aromatic carbocycles. The summed E-state index contributed by atoms with van der Waals surface area (Å²) in [6.45, 7) is 0. The second-order valence-corrected chi connectivity index (χ2v) is 5.99. The van der Waals surface area contributed by atoms with Gasteiger partial charge in [-0.25, -0.2) is 4.79 Å². The topological polar surface area (TPSA) is 55.4 Å². The lowest BCUT2D eigenvalue weighted by Gasteiger charge is -2.12. The zero-order valence-corrected chi connectivity index (χ0v) is 13.4. The van der Waals surface area contributed by atoms with Crippen molar-refractivity contribution < 1.29 is 9.52 Å². The van der Waals surface area contributed by atoms with E-state index < -0.39 is 11.9 Å². The molecule has 1 heterocycles. The van der Waals surface area contributed by atoms with Gasteiger partial charge >= 0.3 is 5.76 Å². The summed E-state index contributed by atoms with van der Waals surface area (Å²) in [4.78, 5) is 11.5. The lowest BCUT2D eigenvalue weighted by Crippen LogP contribution is -2.08. The van der Waals surface area contributed by atoms with E-state index in [4.69, 9.17) is 16.0 Å². The van der Waals surface area contributed by atoms with Crippen LogP contribution >= 0.6 is 27.5 Å². The molecule has 0 aliphatic heterocycles. The second-order valence-electron chi connectivity index (χ2n) is 4.73. The molecule has 0 saturated heterocycles. The monoisotopic (exact) mass is 367 g/mol. The summed E-state index contributed by atoms with van der Waals surface area (Å²) in [5, 5.41) is 11.0. The Morgan fingerprint density at radius 1 is 1.24 bits per heavy atom. The van der Waals surface area contributed by atoms with Gasteiger partial charge in [0, 0.05) is 11.5 Å². The van der Waals surface area contributed by atoms with Crippen LogP contribution in [0.2, 0.25) is 5.02 Å². The van der Waals surface area contributed by atoms with E-state index in [1.54, 1.807) is 43.4 Å². The van der Waals surface area contributed by atoms with E-state index in [0.29, 0.717) is 27.2 Å². The summed E-state index contributed by atoms with van der Waals surface area (Å²) in [6, 6.07) is 10.4. The molecule has 0 aliphatic rings. The molecule has 3 aromatic rings. The molecule has 0 radical (unpaired) electrons. The smallest absolute Gasteiger partial charge is 0.408 e. The molecule has 0 aliphatic carbocycles. The van der Waals surface area contributed by atoms with Gasteiger partial charge in [-0.15, -0.1) is 0 Å². The molecule has 21 heavy (non-hydrogen) atoms. The molecule has 4 nitrogen and oxygen atoms in total. The van der Waals surface area contributed by atoms with E-state index in [2.05, 4.69) is 15.9 Å². The molecule has 0 amide bonds. The summed E-state index contributed by atoms with van der Waals surface area (Å²) < 4.78 is 7.32. The number of rotatable bonds is 2. The molecule has 3 rings (SSSR count). The van der Waals surface area contributed by atoms with Crippen LogP contribution in [0.5, 0.6) is 0 Å². The molecular weight excluding hydrogens is 358 g/mol. The highest BCUT2D eigenvalue weighted by molar-refractivity contribution is 9.10. The van der Waals surface area contributed by atoms with Gasteiger partial charge in [-0.3, -0.25) is 4.57 Å². The average molecular weight is 369 g/mol. The van der Waals surface area contributed by atoms with E-state index >= 15 is 0 Å². The Kier molecular flexibility index (Phi) is 3.65. The molecule has 1 unspecified atom stereocenters. The third-order valence-electron chi connectivity index (χ3n) is 3.39. The van der Waals surface area contributed by atoms with Gasteiger partial charge in [-0.1, -0.05) is 23.7 Å². The summed E-state index contributed by atoms with van der Waals surface area (Å²) in [7, 11) is 1.64. The maximum atomic E-state index is 11.5. The number of aliphatic hydroxyl groups is 1. The summed E-state index contributed by atoms with van der Waals surface area (Å²) in [5.41, 5.74) is 2.43. The van der Waals surface area contributed by atoms with Gasteiger partial charge in [0.05, 0.1) is 10.5 Å². The van der Waals surface area contributed by atoms with Crippen molar-refractivity contribution in [3.63, 3.8) is 0 Å². The van der Waals surface area contributed by atoms with E-state index in [9.17, 15) is 9.90 Å². The quantitative estimate of drug-likeness (QED) is 0.751. The summed E-state index contributed by atoms with van der Waals surface area (Å²) in [6.07, 6.45) is -0.842. The van der Waals surface area contributed by atoms with E-state index in [1.165, 1.54) is 4.57 Å².